The molecular weight excluding hydrogens is 990 g/mol. The van der Waals surface area contributed by atoms with E-state index in [0.29, 0.717) is 33.4 Å². The number of rotatable bonds is 28. The van der Waals surface area contributed by atoms with Crippen LogP contribution in [0.3, 0.4) is 0 Å². The summed E-state index contributed by atoms with van der Waals surface area (Å²) >= 11 is 0. The quantitative estimate of drug-likeness (QED) is 0.0428. The van der Waals surface area contributed by atoms with Crippen LogP contribution in [-0.4, -0.2) is 37.6 Å². The molecule has 8 rings (SSSR count). The first-order valence-electron chi connectivity index (χ1n) is 23.8. The predicted molar refractivity (Wildman–Crippen MR) is 275 cm³/mol. The molecule has 0 aromatic heterocycles. The van der Waals surface area contributed by atoms with Crippen molar-refractivity contribution in [3.63, 3.8) is 0 Å². The zero-order valence-corrected chi connectivity index (χ0v) is 43.0. The fourth-order valence-electron chi connectivity index (χ4n) is 7.78. The average Bonchev–Trinajstić information content (AvgIpc) is 3.44. The molecule has 0 spiro atoms. The highest BCUT2D eigenvalue weighted by molar-refractivity contribution is 7.49. The van der Waals surface area contributed by atoms with Crippen LogP contribution in [0.25, 0.3) is 0 Å². The van der Waals surface area contributed by atoms with Gasteiger partial charge in [0.05, 0.1) is 52.4 Å². The Morgan fingerprint density at radius 2 is 0.562 bits per heavy atom. The van der Waals surface area contributed by atoms with E-state index in [1.165, 1.54) is 7.11 Å². The summed E-state index contributed by atoms with van der Waals surface area (Å²) in [6.45, 7) is -1.13. The van der Waals surface area contributed by atoms with E-state index in [-0.39, 0.29) is 52.7 Å². The van der Waals surface area contributed by atoms with E-state index < -0.39 is 54.0 Å². The third-order valence-electron chi connectivity index (χ3n) is 11.6. The molecule has 0 aliphatic heterocycles. The fraction of sp³-hybridized carbons (Fsp3) is 0.250. The van der Waals surface area contributed by atoms with Crippen molar-refractivity contribution in [2.24, 2.45) is 0 Å². The van der Waals surface area contributed by atoms with Gasteiger partial charge in [0.15, 0.2) is 0 Å². The second-order valence-corrected chi connectivity index (χ2v) is 21.8. The van der Waals surface area contributed by atoms with E-state index in [4.69, 9.17) is 50.2 Å². The Morgan fingerprint density at radius 3 is 0.836 bits per heavy atom. The van der Waals surface area contributed by atoms with Crippen LogP contribution in [0, 0.1) is 0 Å². The van der Waals surface area contributed by atoms with E-state index in [1.54, 1.807) is 24.3 Å². The molecule has 1 aliphatic carbocycles. The minimum atomic E-state index is -4.78. The van der Waals surface area contributed by atoms with Crippen molar-refractivity contribution in [3.8, 4) is 0 Å². The summed E-state index contributed by atoms with van der Waals surface area (Å²) in [5.74, 6) is 0. The van der Waals surface area contributed by atoms with Gasteiger partial charge in [-0.3, -0.25) is 40.7 Å². The van der Waals surface area contributed by atoms with E-state index in [1.807, 2.05) is 188 Å². The van der Waals surface area contributed by atoms with E-state index >= 15 is 13.7 Å². The van der Waals surface area contributed by atoms with Crippen LogP contribution in [0.2, 0.25) is 0 Å². The van der Waals surface area contributed by atoms with Crippen molar-refractivity contribution in [1.29, 1.82) is 0 Å². The monoisotopic (exact) mass is 1050 g/mol. The molecule has 382 valence electrons. The highest BCUT2D eigenvalue weighted by Gasteiger charge is 2.56. The van der Waals surface area contributed by atoms with Crippen LogP contribution in [-0.2, 0) is 110 Å². The van der Waals surface area contributed by atoms with Crippen molar-refractivity contribution >= 4 is 23.5 Å². The maximum absolute atomic E-state index is 15.6. The molecule has 1 aliphatic rings. The molecule has 0 saturated heterocycles. The zero-order valence-electron chi connectivity index (χ0n) is 40.3. The molecule has 0 unspecified atom stereocenters. The number of methoxy groups -OCH3 is 1. The summed E-state index contributed by atoms with van der Waals surface area (Å²) in [6, 6.07) is 64.0. The van der Waals surface area contributed by atoms with E-state index in [9.17, 15) is 0 Å². The zero-order chi connectivity index (χ0) is 50.6. The first-order valence-corrected chi connectivity index (χ1v) is 28.2. The fourth-order valence-corrected chi connectivity index (χ4v) is 11.8. The highest BCUT2D eigenvalue weighted by atomic mass is 31.2. The van der Waals surface area contributed by atoms with Gasteiger partial charge in [0.25, 0.3) is 0 Å². The second kappa shape index (κ2) is 27.4. The summed E-state index contributed by atoms with van der Waals surface area (Å²) in [6.07, 6.45) is -7.10. The maximum Gasteiger partial charge on any atom is 0.475 e. The standard InChI is InChI=1S/C56H59O14P3/c1-60-52-37-53(68-71(57,62-39-46-25-11-3-12-26-46)63-40-47-27-13-4-14-28-47)54(61-38-45-23-9-2-10-24-45)56(70-73(59,66-43-50-33-19-7-20-34-50)67-44-51-35-21-8-22-36-51)55(52)69-72(58,64-41-48-29-15-5-16-30-48)65-42-49-31-17-6-18-32-49/h2-36,52-56H,37-44H2,1H3/t52-,53-,54+,55-,56-/m1/s1. The second-order valence-electron chi connectivity index (χ2n) is 17.0. The highest BCUT2D eigenvalue weighted by Crippen LogP contribution is 2.60. The van der Waals surface area contributed by atoms with E-state index in [0.717, 1.165) is 5.56 Å². The Kier molecular flexibility index (Phi) is 20.3. The minimum absolute atomic E-state index is 0.0671. The van der Waals surface area contributed by atoms with Crippen LogP contribution in [0.1, 0.15) is 45.4 Å². The largest absolute Gasteiger partial charge is 0.475 e. The van der Waals surface area contributed by atoms with Gasteiger partial charge >= 0.3 is 23.5 Å². The summed E-state index contributed by atoms with van der Waals surface area (Å²) in [7, 11) is -12.6. The van der Waals surface area contributed by atoms with Gasteiger partial charge in [-0.25, -0.2) is 13.7 Å². The number of phosphoric ester groups is 3. The van der Waals surface area contributed by atoms with Gasteiger partial charge in [-0.2, -0.15) is 0 Å². The Morgan fingerprint density at radius 1 is 0.315 bits per heavy atom. The van der Waals surface area contributed by atoms with Crippen molar-refractivity contribution in [2.75, 3.05) is 7.11 Å². The summed E-state index contributed by atoms with van der Waals surface area (Å²) in [4.78, 5) is 0. The Bertz CT molecular complexity index is 2680. The molecule has 7 aromatic rings. The third kappa shape index (κ3) is 16.9. The van der Waals surface area contributed by atoms with Gasteiger partial charge in [0.2, 0.25) is 0 Å². The van der Waals surface area contributed by atoms with Crippen LogP contribution in [0.4, 0.5) is 0 Å². The molecule has 1 fully saturated rings. The van der Waals surface area contributed by atoms with Crippen LogP contribution < -0.4 is 0 Å². The lowest BCUT2D eigenvalue weighted by Crippen LogP contribution is -2.59. The Hall–Kier alpha value is -5.21. The molecule has 17 heteroatoms. The van der Waals surface area contributed by atoms with Gasteiger partial charge in [-0.15, -0.1) is 0 Å². The molecule has 0 bridgehead atoms. The minimum Gasteiger partial charge on any atom is -0.379 e. The number of phosphoric acid groups is 3. The van der Waals surface area contributed by atoms with Gasteiger partial charge in [-0.1, -0.05) is 212 Å². The molecule has 0 amide bonds. The summed E-state index contributed by atoms with van der Waals surface area (Å²) in [5, 5.41) is 0. The lowest BCUT2D eigenvalue weighted by Gasteiger charge is -2.46. The normalized spacial score (nSPS) is 18.3. The first kappa shape index (κ1) is 54.1. The van der Waals surface area contributed by atoms with Gasteiger partial charge in [0, 0.05) is 13.5 Å². The van der Waals surface area contributed by atoms with Gasteiger partial charge in [0.1, 0.15) is 24.4 Å². The predicted octanol–water partition coefficient (Wildman–Crippen LogP) is 13.8. The topological polar surface area (TPSA) is 153 Å². The molecule has 0 heterocycles. The number of benzene rings is 7. The van der Waals surface area contributed by atoms with Crippen molar-refractivity contribution in [3.05, 3.63) is 251 Å². The van der Waals surface area contributed by atoms with E-state index in [2.05, 4.69) is 0 Å². The molecule has 5 atom stereocenters. The summed E-state index contributed by atoms with van der Waals surface area (Å²) < 4.78 is 116. The molecular formula is C56H59O14P3. The smallest absolute Gasteiger partial charge is 0.379 e. The van der Waals surface area contributed by atoms with Crippen molar-refractivity contribution in [1.82, 2.24) is 0 Å². The van der Waals surface area contributed by atoms with Crippen LogP contribution in [0.15, 0.2) is 212 Å². The maximum atomic E-state index is 15.6. The Balaban J connectivity index is 1.21. The Labute approximate surface area is 427 Å². The lowest BCUT2D eigenvalue weighted by atomic mass is 9.87. The average molecular weight is 1050 g/mol. The lowest BCUT2D eigenvalue weighted by molar-refractivity contribution is -0.195. The summed E-state index contributed by atoms with van der Waals surface area (Å²) in [5.41, 5.74) is 4.84. The third-order valence-corrected chi connectivity index (χ3v) is 15.8. The molecule has 7 aromatic carbocycles. The molecule has 0 radical (unpaired) electrons. The van der Waals surface area contributed by atoms with Gasteiger partial charge in [-0.05, 0) is 38.9 Å². The number of ether oxygens (including phenoxy) is 2. The number of hydrogen-bond acceptors (Lipinski definition) is 14. The van der Waals surface area contributed by atoms with Crippen molar-refractivity contribution < 1.29 is 63.9 Å². The molecule has 73 heavy (non-hydrogen) atoms. The van der Waals surface area contributed by atoms with Crippen LogP contribution >= 0.6 is 23.5 Å². The van der Waals surface area contributed by atoms with Gasteiger partial charge < -0.3 is 9.47 Å². The van der Waals surface area contributed by atoms with Crippen molar-refractivity contribution in [2.45, 2.75) is 83.2 Å². The van der Waals surface area contributed by atoms with Crippen LogP contribution in [0.5, 0.6) is 0 Å². The SMILES string of the molecule is CO[C@@H]1C[C@@H](OP(=O)(OCc2ccccc2)OCc2ccccc2)[C@H](OCc2ccccc2)[C@@H](OP(=O)(OCc2ccccc2)OCc2ccccc2)[C@@H]1OP(=O)(OCc1ccccc1)OCc1ccccc1. The molecule has 14 nitrogen and oxygen atoms in total. The molecule has 0 N–H and O–H groups in total. The molecule has 1 saturated carbocycles. The number of hydrogen-bond donors (Lipinski definition) is 0. The first-order chi connectivity index (χ1) is 35.7.